The molecule has 2 heterocycles. The lowest BCUT2D eigenvalue weighted by molar-refractivity contribution is -0.205. The van der Waals surface area contributed by atoms with E-state index in [9.17, 15) is 37.8 Å². The molecule has 0 saturated carbocycles. The summed E-state index contributed by atoms with van der Waals surface area (Å²) in [6.45, 7) is 2.14. The summed E-state index contributed by atoms with van der Waals surface area (Å²) >= 11 is 0. The van der Waals surface area contributed by atoms with Gasteiger partial charge in [0.05, 0.1) is 24.9 Å². The highest BCUT2D eigenvalue weighted by Crippen LogP contribution is 2.34. The number of anilines is 2. The average molecular weight is 698 g/mol. The Kier molecular flexibility index (Phi) is 10.2. The van der Waals surface area contributed by atoms with Crippen LogP contribution in [0.3, 0.4) is 0 Å². The van der Waals surface area contributed by atoms with E-state index in [0.29, 0.717) is 15.7 Å². The van der Waals surface area contributed by atoms with Crippen molar-refractivity contribution in [2.75, 3.05) is 23.8 Å². The molecule has 4 N–H and O–H groups in total. The molecule has 0 spiro atoms. The van der Waals surface area contributed by atoms with Crippen molar-refractivity contribution in [3.05, 3.63) is 111 Å². The van der Waals surface area contributed by atoms with Crippen LogP contribution >= 0.6 is 0 Å². The molecule has 0 saturated heterocycles. The summed E-state index contributed by atoms with van der Waals surface area (Å²) in [6, 6.07) is 14.6. The Labute approximate surface area is 280 Å². The number of esters is 1. The number of amides is 1. The van der Waals surface area contributed by atoms with Gasteiger partial charge < -0.3 is 25.6 Å². The van der Waals surface area contributed by atoms with E-state index in [-0.39, 0.29) is 39.5 Å². The van der Waals surface area contributed by atoms with Gasteiger partial charge in [-0.15, -0.1) is 0 Å². The number of aliphatic hydroxyl groups is 2. The van der Waals surface area contributed by atoms with Crippen molar-refractivity contribution in [3.8, 4) is 16.9 Å². The summed E-state index contributed by atoms with van der Waals surface area (Å²) in [5.74, 6) is -6.10. The molecule has 0 radical (unpaired) electrons. The minimum atomic E-state index is -5.38. The first kappa shape index (κ1) is 35.6. The summed E-state index contributed by atoms with van der Waals surface area (Å²) in [6.07, 6.45) is -7.38. The molecule has 0 aliphatic rings. The number of hydrogen-bond acceptors (Lipinski definition) is 9. The second-order valence-electron chi connectivity index (χ2n) is 11.1. The van der Waals surface area contributed by atoms with Crippen molar-refractivity contribution >= 4 is 34.5 Å². The van der Waals surface area contributed by atoms with Crippen molar-refractivity contribution in [2.24, 2.45) is 0 Å². The second-order valence-corrected chi connectivity index (χ2v) is 11.1. The van der Waals surface area contributed by atoms with Crippen LogP contribution < -0.4 is 16.2 Å². The van der Waals surface area contributed by atoms with E-state index in [1.54, 1.807) is 19.9 Å². The standard InChI is InChI=1S/C34H28F5N5O6/c1-17-5-3-6-19(13-17)29(50-32(49)34(37,38)39)31(48)40-20-10-9-18(2)23(14-20)27-22-11-12-26(47)44(28-24(35)7-4-8-25(28)36)30(22)43-33(42-27)41-21(15-45)16-46/h3-14,21,29,45-46H,15-16H2,1-2H3,(H,40,48)(H,41,42,43). The number of nitrogens with zero attached hydrogens (tertiary/aromatic N) is 3. The number of hydrogen-bond donors (Lipinski definition) is 4. The van der Waals surface area contributed by atoms with Gasteiger partial charge in [-0.05, 0) is 49.7 Å². The predicted octanol–water partition coefficient (Wildman–Crippen LogP) is 4.89. The molecule has 1 amide bonds. The van der Waals surface area contributed by atoms with E-state index in [0.717, 1.165) is 24.3 Å². The third-order valence-corrected chi connectivity index (χ3v) is 7.49. The largest absolute Gasteiger partial charge is 0.490 e. The van der Waals surface area contributed by atoms with Crippen LogP contribution in [0.1, 0.15) is 22.8 Å². The van der Waals surface area contributed by atoms with Crippen LogP contribution in [0.4, 0.5) is 33.6 Å². The number of alkyl halides is 3. The van der Waals surface area contributed by atoms with Gasteiger partial charge in [0, 0.05) is 28.3 Å². The predicted molar refractivity (Wildman–Crippen MR) is 172 cm³/mol. The van der Waals surface area contributed by atoms with Crippen molar-refractivity contribution in [2.45, 2.75) is 32.2 Å². The SMILES string of the molecule is Cc1cccc(C(OC(=O)C(F)(F)F)C(=O)Nc2ccc(C)c(-c3nc(NC(CO)CO)nc4c3ccc(=O)n4-c3c(F)cccc3F)c2)c1. The maximum absolute atomic E-state index is 15.0. The molecule has 0 bridgehead atoms. The first-order valence-corrected chi connectivity index (χ1v) is 14.8. The van der Waals surface area contributed by atoms with Gasteiger partial charge >= 0.3 is 12.1 Å². The molecular formula is C34H28F5N5O6. The number of aryl methyl sites for hydroxylation is 2. The number of fused-ring (bicyclic) bond motifs is 1. The molecule has 5 rings (SSSR count). The minimum Gasteiger partial charge on any atom is -0.441 e. The van der Waals surface area contributed by atoms with Crippen LogP contribution in [0.5, 0.6) is 0 Å². The highest BCUT2D eigenvalue weighted by atomic mass is 19.4. The van der Waals surface area contributed by atoms with Gasteiger partial charge in [-0.2, -0.15) is 18.2 Å². The van der Waals surface area contributed by atoms with Crippen molar-refractivity contribution in [1.29, 1.82) is 0 Å². The van der Waals surface area contributed by atoms with Crippen LogP contribution in [0, 0.1) is 25.5 Å². The molecule has 0 fully saturated rings. The van der Waals surface area contributed by atoms with Gasteiger partial charge in [-0.25, -0.2) is 18.6 Å². The fourth-order valence-corrected chi connectivity index (χ4v) is 5.08. The van der Waals surface area contributed by atoms with E-state index in [2.05, 4.69) is 25.3 Å². The summed E-state index contributed by atoms with van der Waals surface area (Å²) < 4.78 is 74.8. The van der Waals surface area contributed by atoms with Crippen molar-refractivity contribution in [3.63, 3.8) is 0 Å². The number of aliphatic hydroxyl groups excluding tert-OH is 2. The van der Waals surface area contributed by atoms with Crippen LogP contribution in [-0.2, 0) is 14.3 Å². The molecule has 260 valence electrons. The number of aromatic nitrogens is 3. The fraction of sp³-hybridized carbons (Fsp3) is 0.206. The highest BCUT2D eigenvalue weighted by Gasteiger charge is 2.43. The molecule has 11 nitrogen and oxygen atoms in total. The van der Waals surface area contributed by atoms with E-state index < -0.39 is 66.3 Å². The van der Waals surface area contributed by atoms with E-state index in [4.69, 9.17) is 0 Å². The second kappa shape index (κ2) is 14.4. The molecule has 3 aromatic carbocycles. The zero-order valence-corrected chi connectivity index (χ0v) is 26.3. The topological polar surface area (TPSA) is 156 Å². The number of pyridine rings is 1. The molecule has 0 aliphatic carbocycles. The Morgan fingerprint density at radius 3 is 2.24 bits per heavy atom. The maximum atomic E-state index is 15.0. The number of carbonyl (C=O) groups is 2. The Hall–Kier alpha value is -5.74. The van der Waals surface area contributed by atoms with E-state index in [1.807, 2.05) is 0 Å². The van der Waals surface area contributed by atoms with Crippen LogP contribution in [0.15, 0.2) is 77.6 Å². The smallest absolute Gasteiger partial charge is 0.441 e. The van der Waals surface area contributed by atoms with Gasteiger partial charge in [0.25, 0.3) is 11.5 Å². The first-order chi connectivity index (χ1) is 23.7. The molecule has 1 atom stereocenters. The average Bonchev–Trinajstić information content (AvgIpc) is 3.06. The third kappa shape index (κ3) is 7.45. The minimum absolute atomic E-state index is 0.0226. The molecule has 16 heteroatoms. The lowest BCUT2D eigenvalue weighted by atomic mass is 10.0. The summed E-state index contributed by atoms with van der Waals surface area (Å²) in [5, 5.41) is 24.6. The number of benzene rings is 3. The Bertz CT molecular complexity index is 2130. The monoisotopic (exact) mass is 697 g/mol. The van der Waals surface area contributed by atoms with Crippen LogP contribution in [0.2, 0.25) is 0 Å². The van der Waals surface area contributed by atoms with E-state index >= 15 is 8.78 Å². The number of nitrogens with one attached hydrogen (secondary N) is 2. The highest BCUT2D eigenvalue weighted by molar-refractivity contribution is 5.98. The van der Waals surface area contributed by atoms with Crippen LogP contribution in [0.25, 0.3) is 28.0 Å². The quantitative estimate of drug-likeness (QED) is 0.118. The van der Waals surface area contributed by atoms with Crippen molar-refractivity contribution < 1.29 is 46.5 Å². The van der Waals surface area contributed by atoms with Gasteiger partial charge in [-0.3, -0.25) is 14.2 Å². The normalized spacial score (nSPS) is 12.2. The zero-order chi connectivity index (χ0) is 36.3. The molecule has 2 aromatic heterocycles. The lowest BCUT2D eigenvalue weighted by Gasteiger charge is -2.20. The Balaban J connectivity index is 1.66. The van der Waals surface area contributed by atoms with Gasteiger partial charge in [0.1, 0.15) is 17.3 Å². The van der Waals surface area contributed by atoms with E-state index in [1.165, 1.54) is 42.5 Å². The van der Waals surface area contributed by atoms with Gasteiger partial charge in [0.15, 0.2) is 5.65 Å². The number of halogens is 5. The molecule has 0 aliphatic heterocycles. The molecule has 1 unspecified atom stereocenters. The first-order valence-electron chi connectivity index (χ1n) is 14.8. The fourth-order valence-electron chi connectivity index (χ4n) is 5.08. The van der Waals surface area contributed by atoms with Crippen LogP contribution in [-0.4, -0.2) is 62.1 Å². The zero-order valence-electron chi connectivity index (χ0n) is 26.3. The Morgan fingerprint density at radius 1 is 0.920 bits per heavy atom. The summed E-state index contributed by atoms with van der Waals surface area (Å²) in [5.41, 5.74) is -0.426. The maximum Gasteiger partial charge on any atom is 0.490 e. The molecular weight excluding hydrogens is 669 g/mol. The summed E-state index contributed by atoms with van der Waals surface area (Å²) in [4.78, 5) is 47.2. The third-order valence-electron chi connectivity index (χ3n) is 7.49. The number of rotatable bonds is 10. The molecule has 5 aromatic rings. The number of carbonyl (C=O) groups excluding carboxylic acids is 2. The lowest BCUT2D eigenvalue weighted by Crippen LogP contribution is -2.32. The van der Waals surface area contributed by atoms with Gasteiger partial charge in [-0.1, -0.05) is 42.0 Å². The van der Waals surface area contributed by atoms with Gasteiger partial charge in [0.2, 0.25) is 12.1 Å². The Morgan fingerprint density at radius 2 is 1.60 bits per heavy atom. The molecule has 50 heavy (non-hydrogen) atoms. The van der Waals surface area contributed by atoms with Crippen molar-refractivity contribution in [1.82, 2.24) is 14.5 Å². The summed E-state index contributed by atoms with van der Waals surface area (Å²) in [7, 11) is 0. The number of ether oxygens (including phenoxy) is 1. The number of para-hydroxylation sites is 1.